The minimum absolute atomic E-state index is 0.253. The molecule has 0 unspecified atom stereocenters. The van der Waals surface area contributed by atoms with Gasteiger partial charge in [-0.2, -0.15) is 0 Å². The SMILES string of the molecule is CC1(C)OB(c2ccc(OCC3CCN(c4ncc(Cl)cn4)CC3)c(F)c2)OC1(C)C. The summed E-state index contributed by atoms with van der Waals surface area (Å²) in [4.78, 5) is 10.7. The quantitative estimate of drug-likeness (QED) is 0.649. The molecule has 0 amide bonds. The molecule has 1 aromatic carbocycles. The number of nitrogens with zero attached hydrogens (tertiary/aromatic N) is 3. The lowest BCUT2D eigenvalue weighted by Crippen LogP contribution is -2.41. The molecule has 166 valence electrons. The lowest BCUT2D eigenvalue weighted by Gasteiger charge is -2.32. The Bertz CT molecular complexity index is 905. The number of benzene rings is 1. The third kappa shape index (κ3) is 4.81. The van der Waals surface area contributed by atoms with Crippen LogP contribution in [0.4, 0.5) is 10.3 Å². The van der Waals surface area contributed by atoms with E-state index in [2.05, 4.69) is 14.9 Å². The van der Waals surface area contributed by atoms with E-state index in [0.717, 1.165) is 25.9 Å². The van der Waals surface area contributed by atoms with Crippen LogP contribution < -0.4 is 15.1 Å². The van der Waals surface area contributed by atoms with Crippen LogP contribution in [0, 0.1) is 11.7 Å². The first-order valence-corrected chi connectivity index (χ1v) is 11.0. The molecule has 0 aliphatic carbocycles. The van der Waals surface area contributed by atoms with Crippen LogP contribution in [0.25, 0.3) is 0 Å². The Morgan fingerprint density at radius 2 is 1.74 bits per heavy atom. The lowest BCUT2D eigenvalue weighted by molar-refractivity contribution is 0.00578. The van der Waals surface area contributed by atoms with Crippen molar-refractivity contribution in [1.29, 1.82) is 0 Å². The normalized spacial score (nSPS) is 20.8. The van der Waals surface area contributed by atoms with E-state index >= 15 is 0 Å². The van der Waals surface area contributed by atoms with E-state index in [9.17, 15) is 4.39 Å². The predicted octanol–water partition coefficient (Wildman–Crippen LogP) is 3.86. The van der Waals surface area contributed by atoms with Crippen LogP contribution in [-0.2, 0) is 9.31 Å². The summed E-state index contributed by atoms with van der Waals surface area (Å²) in [6.07, 6.45) is 5.07. The Kier molecular flexibility index (Phi) is 6.16. The topological polar surface area (TPSA) is 56.7 Å². The van der Waals surface area contributed by atoms with E-state index in [1.54, 1.807) is 24.5 Å². The molecule has 0 N–H and O–H groups in total. The molecule has 2 saturated heterocycles. The molecule has 0 atom stereocenters. The number of aromatic nitrogens is 2. The van der Waals surface area contributed by atoms with Crippen LogP contribution in [0.1, 0.15) is 40.5 Å². The van der Waals surface area contributed by atoms with Crippen molar-refractivity contribution in [3.05, 3.63) is 41.4 Å². The molecule has 0 saturated carbocycles. The van der Waals surface area contributed by atoms with Crippen LogP contribution in [0.15, 0.2) is 30.6 Å². The molecule has 0 bridgehead atoms. The Hall–Kier alpha value is -1.90. The Labute approximate surface area is 188 Å². The average Bonchev–Trinajstić information content (AvgIpc) is 2.95. The smallest absolute Gasteiger partial charge is 0.490 e. The van der Waals surface area contributed by atoms with Crippen molar-refractivity contribution in [3.63, 3.8) is 0 Å². The van der Waals surface area contributed by atoms with Crippen molar-refractivity contribution < 1.29 is 18.4 Å². The first-order valence-electron chi connectivity index (χ1n) is 10.6. The molecule has 3 heterocycles. The van der Waals surface area contributed by atoms with Gasteiger partial charge in [0, 0.05) is 13.1 Å². The molecule has 0 spiro atoms. The first kappa shape index (κ1) is 22.3. The van der Waals surface area contributed by atoms with Gasteiger partial charge < -0.3 is 18.9 Å². The Morgan fingerprint density at radius 3 is 2.32 bits per heavy atom. The molecule has 2 aliphatic rings. The van der Waals surface area contributed by atoms with Gasteiger partial charge in [-0.15, -0.1) is 0 Å². The zero-order valence-corrected chi connectivity index (χ0v) is 19.2. The fourth-order valence-electron chi connectivity index (χ4n) is 3.74. The molecule has 2 aliphatic heterocycles. The van der Waals surface area contributed by atoms with Crippen molar-refractivity contribution >= 4 is 30.1 Å². The second-order valence-corrected chi connectivity index (χ2v) is 9.66. The second kappa shape index (κ2) is 8.56. The molecule has 9 heteroatoms. The number of piperidine rings is 1. The number of hydrogen-bond donors (Lipinski definition) is 0. The fourth-order valence-corrected chi connectivity index (χ4v) is 3.83. The standard InChI is InChI=1S/C22H28BClFN3O3/c1-21(2)22(3,4)31-23(30-21)16-5-6-19(18(25)11-16)29-14-15-7-9-28(10-8-15)20-26-12-17(24)13-27-20/h5-6,11-13,15H,7-10,14H2,1-4H3. The van der Waals surface area contributed by atoms with Gasteiger partial charge in [0.2, 0.25) is 5.95 Å². The van der Waals surface area contributed by atoms with Gasteiger partial charge in [0.15, 0.2) is 11.6 Å². The number of halogens is 2. The molecule has 4 rings (SSSR count). The van der Waals surface area contributed by atoms with Crippen LogP contribution in [0.2, 0.25) is 5.02 Å². The minimum atomic E-state index is -0.590. The summed E-state index contributed by atoms with van der Waals surface area (Å²) < 4.78 is 32.5. The monoisotopic (exact) mass is 447 g/mol. The molecular formula is C22H28BClFN3O3. The number of anilines is 1. The van der Waals surface area contributed by atoms with Crippen molar-refractivity contribution in [3.8, 4) is 5.75 Å². The average molecular weight is 448 g/mol. The van der Waals surface area contributed by atoms with E-state index < -0.39 is 24.1 Å². The van der Waals surface area contributed by atoms with Gasteiger partial charge in [0.05, 0.1) is 35.2 Å². The van der Waals surface area contributed by atoms with E-state index in [0.29, 0.717) is 29.0 Å². The summed E-state index contributed by atoms with van der Waals surface area (Å²) in [7, 11) is -0.590. The summed E-state index contributed by atoms with van der Waals surface area (Å²) >= 11 is 5.85. The highest BCUT2D eigenvalue weighted by molar-refractivity contribution is 6.62. The van der Waals surface area contributed by atoms with Crippen LogP contribution >= 0.6 is 11.6 Å². The van der Waals surface area contributed by atoms with E-state index in [-0.39, 0.29) is 5.75 Å². The highest BCUT2D eigenvalue weighted by Gasteiger charge is 2.51. The third-order valence-electron chi connectivity index (χ3n) is 6.46. The van der Waals surface area contributed by atoms with Crippen LogP contribution in [0.3, 0.4) is 0 Å². The zero-order valence-electron chi connectivity index (χ0n) is 18.4. The molecular weight excluding hydrogens is 420 g/mol. The summed E-state index contributed by atoms with van der Waals surface area (Å²) in [5.74, 6) is 0.891. The lowest BCUT2D eigenvalue weighted by atomic mass is 9.79. The third-order valence-corrected chi connectivity index (χ3v) is 6.66. The summed E-state index contributed by atoms with van der Waals surface area (Å²) in [5.41, 5.74) is -0.274. The van der Waals surface area contributed by atoms with Crippen LogP contribution in [0.5, 0.6) is 5.75 Å². The molecule has 2 fully saturated rings. The minimum Gasteiger partial charge on any atom is -0.490 e. The molecule has 1 aromatic heterocycles. The molecule has 31 heavy (non-hydrogen) atoms. The van der Waals surface area contributed by atoms with Crippen molar-refractivity contribution in [1.82, 2.24) is 9.97 Å². The van der Waals surface area contributed by atoms with E-state index in [1.165, 1.54) is 6.07 Å². The predicted molar refractivity (Wildman–Crippen MR) is 120 cm³/mol. The number of rotatable bonds is 5. The first-order chi connectivity index (χ1) is 14.6. The van der Waals surface area contributed by atoms with Crippen molar-refractivity contribution in [2.45, 2.75) is 51.7 Å². The maximum absolute atomic E-state index is 14.7. The zero-order chi connectivity index (χ0) is 22.2. The highest BCUT2D eigenvalue weighted by Crippen LogP contribution is 2.36. The van der Waals surface area contributed by atoms with E-state index in [1.807, 2.05) is 27.7 Å². The molecule has 6 nitrogen and oxygen atoms in total. The van der Waals surface area contributed by atoms with Gasteiger partial charge >= 0.3 is 7.12 Å². The van der Waals surface area contributed by atoms with Crippen molar-refractivity contribution in [2.24, 2.45) is 5.92 Å². The number of hydrogen-bond acceptors (Lipinski definition) is 6. The van der Waals surface area contributed by atoms with Gasteiger partial charge in [0.25, 0.3) is 0 Å². The largest absolute Gasteiger partial charge is 0.494 e. The summed E-state index contributed by atoms with van der Waals surface area (Å²) in [5, 5.41) is 0.526. The van der Waals surface area contributed by atoms with Crippen LogP contribution in [-0.4, -0.2) is 48.0 Å². The van der Waals surface area contributed by atoms with Gasteiger partial charge in [0.1, 0.15) is 0 Å². The van der Waals surface area contributed by atoms with Gasteiger partial charge in [-0.05, 0) is 64.1 Å². The summed E-state index contributed by atoms with van der Waals surface area (Å²) in [6.45, 7) is 10.0. The number of ether oxygens (including phenoxy) is 1. The second-order valence-electron chi connectivity index (χ2n) is 9.22. The maximum atomic E-state index is 14.7. The summed E-state index contributed by atoms with van der Waals surface area (Å²) in [6, 6.07) is 4.91. The Morgan fingerprint density at radius 1 is 1.13 bits per heavy atom. The molecule has 2 aromatic rings. The highest BCUT2D eigenvalue weighted by atomic mass is 35.5. The molecule has 0 radical (unpaired) electrons. The van der Waals surface area contributed by atoms with Gasteiger partial charge in [-0.25, -0.2) is 14.4 Å². The van der Waals surface area contributed by atoms with E-state index in [4.69, 9.17) is 25.6 Å². The Balaban J connectivity index is 1.30. The van der Waals surface area contributed by atoms with Gasteiger partial charge in [-0.3, -0.25) is 0 Å². The maximum Gasteiger partial charge on any atom is 0.494 e. The van der Waals surface area contributed by atoms with Crippen molar-refractivity contribution in [2.75, 3.05) is 24.6 Å². The fraction of sp³-hybridized carbons (Fsp3) is 0.545. The van der Waals surface area contributed by atoms with Gasteiger partial charge in [-0.1, -0.05) is 17.7 Å².